The molecule has 0 spiro atoms. The molecule has 0 rings (SSSR count). The van der Waals surface area contributed by atoms with Crippen molar-refractivity contribution in [3.63, 3.8) is 0 Å². The summed E-state index contributed by atoms with van der Waals surface area (Å²) >= 11 is 3.90. The van der Waals surface area contributed by atoms with E-state index in [9.17, 15) is 0 Å². The van der Waals surface area contributed by atoms with E-state index in [4.69, 9.17) is 5.73 Å². The molecule has 42 valence electrons. The first-order chi connectivity index (χ1) is 3.41. The van der Waals surface area contributed by atoms with Gasteiger partial charge < -0.3 is 5.73 Å². The number of hydrogen-bond donors (Lipinski definition) is 2. The van der Waals surface area contributed by atoms with Gasteiger partial charge in [-0.15, -0.1) is 11.7 Å². The SMILES string of the molecule is NC=NCCSS. The van der Waals surface area contributed by atoms with Gasteiger partial charge in [-0.05, 0) is 0 Å². The van der Waals surface area contributed by atoms with Gasteiger partial charge in [-0.1, -0.05) is 10.8 Å². The van der Waals surface area contributed by atoms with Crippen molar-refractivity contribution >= 4 is 28.8 Å². The summed E-state index contributed by atoms with van der Waals surface area (Å²) in [7, 11) is 1.47. The molecule has 7 heavy (non-hydrogen) atoms. The van der Waals surface area contributed by atoms with Crippen LogP contribution in [0.5, 0.6) is 0 Å². The van der Waals surface area contributed by atoms with Crippen LogP contribution in [0, 0.1) is 0 Å². The van der Waals surface area contributed by atoms with Gasteiger partial charge in [-0.3, -0.25) is 4.99 Å². The maximum Gasteiger partial charge on any atom is 0.0798 e. The third-order valence-electron chi connectivity index (χ3n) is 0.417. The first kappa shape index (κ1) is 7.17. The highest BCUT2D eigenvalue weighted by Gasteiger charge is 1.74. The van der Waals surface area contributed by atoms with Crippen LogP contribution in [0.25, 0.3) is 0 Å². The van der Waals surface area contributed by atoms with Gasteiger partial charge in [-0.2, -0.15) is 0 Å². The molecule has 0 radical (unpaired) electrons. The molecule has 0 aromatic rings. The molecule has 2 nitrogen and oxygen atoms in total. The van der Waals surface area contributed by atoms with E-state index in [2.05, 4.69) is 16.7 Å². The predicted molar refractivity (Wildman–Crippen MR) is 39.0 cm³/mol. The first-order valence-electron chi connectivity index (χ1n) is 1.88. The Hall–Kier alpha value is 0.170. The molecule has 2 N–H and O–H groups in total. The third-order valence-corrected chi connectivity index (χ3v) is 1.33. The van der Waals surface area contributed by atoms with Crippen molar-refractivity contribution < 1.29 is 0 Å². The van der Waals surface area contributed by atoms with Crippen molar-refractivity contribution in [3.8, 4) is 0 Å². The molecule has 0 saturated heterocycles. The van der Waals surface area contributed by atoms with E-state index >= 15 is 0 Å². The highest BCUT2D eigenvalue weighted by molar-refractivity contribution is 8.68. The van der Waals surface area contributed by atoms with Crippen LogP contribution in [-0.4, -0.2) is 18.6 Å². The summed E-state index contributed by atoms with van der Waals surface area (Å²) in [5.41, 5.74) is 4.94. The highest BCUT2D eigenvalue weighted by Crippen LogP contribution is 2.01. The standard InChI is InChI=1S/C3H8N2S2/c4-3-5-1-2-7-6/h3,6H,1-2H2,(H2,4,5). The Labute approximate surface area is 52.4 Å². The fourth-order valence-corrected chi connectivity index (χ4v) is 0.600. The monoisotopic (exact) mass is 136 g/mol. The summed E-state index contributed by atoms with van der Waals surface area (Å²) in [4.78, 5) is 3.74. The lowest BCUT2D eigenvalue weighted by Gasteiger charge is -1.83. The lowest BCUT2D eigenvalue weighted by Crippen LogP contribution is -1.91. The number of thiol groups is 1. The minimum Gasteiger partial charge on any atom is -0.390 e. The van der Waals surface area contributed by atoms with Crippen molar-refractivity contribution in [1.82, 2.24) is 0 Å². The molecule has 0 bridgehead atoms. The van der Waals surface area contributed by atoms with E-state index in [0.29, 0.717) is 0 Å². The maximum absolute atomic E-state index is 4.94. The van der Waals surface area contributed by atoms with E-state index in [1.54, 1.807) is 0 Å². The van der Waals surface area contributed by atoms with Gasteiger partial charge in [0, 0.05) is 5.75 Å². The van der Waals surface area contributed by atoms with Gasteiger partial charge in [0.15, 0.2) is 0 Å². The second kappa shape index (κ2) is 6.17. The normalized spacial score (nSPS) is 10.4. The van der Waals surface area contributed by atoms with E-state index in [0.717, 1.165) is 12.3 Å². The number of nitrogens with zero attached hydrogens (tertiary/aromatic N) is 1. The van der Waals surface area contributed by atoms with Crippen LogP contribution in [0.3, 0.4) is 0 Å². The minimum atomic E-state index is 0.769. The lowest BCUT2D eigenvalue weighted by atomic mass is 10.8. The van der Waals surface area contributed by atoms with Gasteiger partial charge in [-0.25, -0.2) is 0 Å². The molecule has 0 aliphatic heterocycles. The highest BCUT2D eigenvalue weighted by atomic mass is 33.1. The van der Waals surface area contributed by atoms with Crippen molar-refractivity contribution in [1.29, 1.82) is 0 Å². The molecular weight excluding hydrogens is 128 g/mol. The quantitative estimate of drug-likeness (QED) is 0.195. The van der Waals surface area contributed by atoms with Gasteiger partial charge in [0.25, 0.3) is 0 Å². The van der Waals surface area contributed by atoms with Crippen LogP contribution in [0.1, 0.15) is 0 Å². The van der Waals surface area contributed by atoms with Crippen LogP contribution in [-0.2, 0) is 0 Å². The number of nitrogens with two attached hydrogens (primary N) is 1. The van der Waals surface area contributed by atoms with E-state index in [-0.39, 0.29) is 0 Å². The fourth-order valence-electron chi connectivity index (χ4n) is 0.168. The summed E-state index contributed by atoms with van der Waals surface area (Å²) in [5.74, 6) is 0.927. The van der Waals surface area contributed by atoms with E-state index in [1.165, 1.54) is 17.1 Å². The predicted octanol–water partition coefficient (Wildman–Crippen LogP) is 0.551. The zero-order valence-corrected chi connectivity index (χ0v) is 5.58. The Bertz CT molecular complexity index is 54.9. The largest absolute Gasteiger partial charge is 0.390 e. The Morgan fingerprint density at radius 1 is 1.86 bits per heavy atom. The van der Waals surface area contributed by atoms with Gasteiger partial charge in [0.1, 0.15) is 0 Å². The summed E-state index contributed by atoms with van der Waals surface area (Å²) < 4.78 is 0. The fraction of sp³-hybridized carbons (Fsp3) is 0.667. The van der Waals surface area contributed by atoms with Gasteiger partial charge in [0.2, 0.25) is 0 Å². The maximum atomic E-state index is 4.94. The molecule has 0 saturated carbocycles. The number of aliphatic imine (C=N–C) groups is 1. The van der Waals surface area contributed by atoms with Crippen LogP contribution < -0.4 is 5.73 Å². The summed E-state index contributed by atoms with van der Waals surface area (Å²) in [5, 5.41) is 0. The van der Waals surface area contributed by atoms with Crippen LogP contribution in [0.15, 0.2) is 4.99 Å². The van der Waals surface area contributed by atoms with Crippen molar-refractivity contribution in [2.45, 2.75) is 0 Å². The van der Waals surface area contributed by atoms with E-state index in [1.807, 2.05) is 0 Å². The molecule has 0 aliphatic rings. The average Bonchev–Trinajstić information content (AvgIpc) is 1.69. The number of rotatable bonds is 3. The Kier molecular flexibility index (Phi) is 6.32. The number of hydrogen-bond acceptors (Lipinski definition) is 3. The minimum absolute atomic E-state index is 0.769. The molecule has 0 aliphatic carbocycles. The molecule has 0 heterocycles. The van der Waals surface area contributed by atoms with Crippen molar-refractivity contribution in [3.05, 3.63) is 0 Å². The molecule has 0 aromatic carbocycles. The molecule has 0 aromatic heterocycles. The zero-order valence-electron chi connectivity index (χ0n) is 3.87. The topological polar surface area (TPSA) is 38.4 Å². The van der Waals surface area contributed by atoms with Gasteiger partial charge >= 0.3 is 0 Å². The lowest BCUT2D eigenvalue weighted by molar-refractivity contribution is 1.15. The summed E-state index contributed by atoms with van der Waals surface area (Å²) in [6.45, 7) is 0.769. The molecule has 0 atom stereocenters. The zero-order chi connectivity index (χ0) is 5.54. The van der Waals surface area contributed by atoms with E-state index < -0.39 is 0 Å². The second-order valence-electron chi connectivity index (χ2n) is 0.888. The third kappa shape index (κ3) is 6.17. The smallest absolute Gasteiger partial charge is 0.0798 e. The molecule has 0 amide bonds. The molecule has 0 fully saturated rings. The van der Waals surface area contributed by atoms with Gasteiger partial charge in [0.05, 0.1) is 12.9 Å². The van der Waals surface area contributed by atoms with Crippen molar-refractivity contribution in [2.24, 2.45) is 10.7 Å². The molecule has 0 unspecified atom stereocenters. The summed E-state index contributed by atoms with van der Waals surface area (Å²) in [6, 6.07) is 0. The van der Waals surface area contributed by atoms with Crippen LogP contribution >= 0.6 is 22.5 Å². The Morgan fingerprint density at radius 3 is 3.00 bits per heavy atom. The Morgan fingerprint density at radius 2 is 2.57 bits per heavy atom. The molecular formula is C3H8N2S2. The first-order valence-corrected chi connectivity index (χ1v) is 3.92. The summed E-state index contributed by atoms with van der Waals surface area (Å²) in [6.07, 6.45) is 1.31. The average molecular weight is 136 g/mol. The van der Waals surface area contributed by atoms with Crippen molar-refractivity contribution in [2.75, 3.05) is 12.3 Å². The Balaban J connectivity index is 2.69. The van der Waals surface area contributed by atoms with Crippen LogP contribution in [0.4, 0.5) is 0 Å². The molecule has 4 heteroatoms. The van der Waals surface area contributed by atoms with Crippen LogP contribution in [0.2, 0.25) is 0 Å². The second-order valence-corrected chi connectivity index (χ2v) is 2.33.